The third-order valence-electron chi connectivity index (χ3n) is 5.42. The predicted molar refractivity (Wildman–Crippen MR) is 183 cm³/mol. The van der Waals surface area contributed by atoms with Crippen molar-refractivity contribution in [3.8, 4) is 0 Å². The predicted octanol–water partition coefficient (Wildman–Crippen LogP) is 7.78. The minimum absolute atomic E-state index is 0.308. The van der Waals surface area contributed by atoms with Crippen LogP contribution < -0.4 is 22.1 Å². The van der Waals surface area contributed by atoms with Crippen molar-refractivity contribution in [1.29, 1.82) is 0 Å². The zero-order valence-corrected chi connectivity index (χ0v) is 29.8. The molecule has 43 heavy (non-hydrogen) atoms. The van der Waals surface area contributed by atoms with Gasteiger partial charge in [-0.2, -0.15) is 0 Å². The van der Waals surface area contributed by atoms with Crippen molar-refractivity contribution in [3.05, 3.63) is 136 Å². The number of hydrogen-bond donors (Lipinski definition) is 4. The summed E-state index contributed by atoms with van der Waals surface area (Å²) in [6.45, 7) is 3.69. The number of benzene rings is 4. The van der Waals surface area contributed by atoms with Gasteiger partial charge in [0.25, 0.3) is 23.0 Å². The molecule has 0 atom stereocenters. The third-order valence-corrected chi connectivity index (χ3v) is 7.45. The number of nitrogen functional groups attached to an aromatic ring is 1. The van der Waals surface area contributed by atoms with Crippen LogP contribution in [0.5, 0.6) is 0 Å². The first kappa shape index (κ1) is 36.3. The standard InChI is InChI=1S/C15H12Br2N2O2.C8H7ClO.C7H6Br2N2O/c1-9-4-2-3-5-13(9)15(21)19-18-14(20)10-6-11(16)8-12(17)7-10;1-6-4-2-3-5-7(6)8(9)10;8-5-1-4(7(12)11-10)2-6(9)3-5/h2-8H,1H3,(H,18,20)(H,19,21);2-5H,1H3;1-3H,10H2,(H,11,12). The van der Waals surface area contributed by atoms with Gasteiger partial charge in [-0.15, -0.1) is 0 Å². The van der Waals surface area contributed by atoms with Gasteiger partial charge >= 0.3 is 0 Å². The van der Waals surface area contributed by atoms with E-state index >= 15 is 0 Å². The highest BCUT2D eigenvalue weighted by molar-refractivity contribution is 9.11. The molecule has 0 spiro atoms. The number of hydrazine groups is 2. The molecule has 0 saturated heterocycles. The van der Waals surface area contributed by atoms with Crippen molar-refractivity contribution < 1.29 is 19.2 Å². The summed E-state index contributed by atoms with van der Waals surface area (Å²) in [5.41, 5.74) is 10.7. The molecule has 4 aromatic rings. The van der Waals surface area contributed by atoms with Crippen molar-refractivity contribution in [1.82, 2.24) is 16.3 Å². The summed E-state index contributed by atoms with van der Waals surface area (Å²) in [5.74, 6) is 3.92. The minimum Gasteiger partial charge on any atom is -0.290 e. The molecule has 224 valence electrons. The van der Waals surface area contributed by atoms with Gasteiger partial charge in [0.1, 0.15) is 0 Å². The van der Waals surface area contributed by atoms with E-state index < -0.39 is 5.24 Å². The van der Waals surface area contributed by atoms with E-state index in [9.17, 15) is 19.2 Å². The van der Waals surface area contributed by atoms with E-state index in [1.807, 2.05) is 50.2 Å². The van der Waals surface area contributed by atoms with Gasteiger partial charge in [0.05, 0.1) is 0 Å². The Morgan fingerprint density at radius 2 is 0.953 bits per heavy atom. The lowest BCUT2D eigenvalue weighted by Gasteiger charge is -2.09. The molecule has 0 bridgehead atoms. The number of aryl methyl sites for hydroxylation is 2. The molecule has 0 aliphatic rings. The average Bonchev–Trinajstić information content (AvgIpc) is 2.95. The Kier molecular flexibility index (Phi) is 15.3. The van der Waals surface area contributed by atoms with Gasteiger partial charge in [0, 0.05) is 40.1 Å². The van der Waals surface area contributed by atoms with Crippen LogP contribution in [0.1, 0.15) is 52.6 Å². The van der Waals surface area contributed by atoms with Gasteiger partial charge in [-0.1, -0.05) is 100 Å². The Bertz CT molecular complexity index is 1600. The Balaban J connectivity index is 0.000000248. The molecule has 8 nitrogen and oxygen atoms in total. The monoisotopic (exact) mass is 856 g/mol. The molecule has 4 aromatic carbocycles. The normalized spacial score (nSPS) is 9.77. The van der Waals surface area contributed by atoms with Crippen LogP contribution in [-0.4, -0.2) is 23.0 Å². The number of carbonyl (C=O) groups excluding carboxylic acids is 4. The Hall–Kier alpha value is -2.87. The lowest BCUT2D eigenvalue weighted by molar-refractivity contribution is 0.0846. The highest BCUT2D eigenvalue weighted by atomic mass is 79.9. The molecule has 13 heteroatoms. The molecule has 0 unspecified atom stereocenters. The quantitative estimate of drug-likeness (QED) is 0.0721. The maximum absolute atomic E-state index is 12.0. The summed E-state index contributed by atoms with van der Waals surface area (Å²) in [6, 6.07) is 24.8. The molecule has 0 aliphatic heterocycles. The van der Waals surface area contributed by atoms with E-state index in [4.69, 9.17) is 17.4 Å². The molecule has 0 aromatic heterocycles. The third kappa shape index (κ3) is 12.3. The van der Waals surface area contributed by atoms with Crippen molar-refractivity contribution in [3.63, 3.8) is 0 Å². The lowest BCUT2D eigenvalue weighted by atomic mass is 10.1. The van der Waals surface area contributed by atoms with Crippen molar-refractivity contribution in [2.75, 3.05) is 0 Å². The smallest absolute Gasteiger partial charge is 0.269 e. The number of amides is 3. The number of nitrogens with two attached hydrogens (primary N) is 1. The SMILES string of the molecule is Cc1ccccc1C(=O)Cl.Cc1ccccc1C(=O)NNC(=O)c1cc(Br)cc(Br)c1.NNC(=O)c1cc(Br)cc(Br)c1. The van der Waals surface area contributed by atoms with E-state index in [2.05, 4.69) is 80.0 Å². The molecule has 3 amide bonds. The van der Waals surface area contributed by atoms with Gasteiger partial charge < -0.3 is 0 Å². The summed E-state index contributed by atoms with van der Waals surface area (Å²) >= 11 is 18.4. The van der Waals surface area contributed by atoms with Gasteiger partial charge in [0.15, 0.2) is 0 Å². The second-order valence-electron chi connectivity index (χ2n) is 8.60. The number of nitrogens with one attached hydrogen (secondary N) is 3. The lowest BCUT2D eigenvalue weighted by Crippen LogP contribution is -2.41. The highest BCUT2D eigenvalue weighted by Gasteiger charge is 2.11. The number of carbonyl (C=O) groups is 4. The number of rotatable bonds is 4. The summed E-state index contributed by atoms with van der Waals surface area (Å²) in [6.07, 6.45) is 0. The fourth-order valence-corrected chi connectivity index (χ4v) is 6.13. The van der Waals surface area contributed by atoms with Gasteiger partial charge in [-0.05, 0) is 85.1 Å². The van der Waals surface area contributed by atoms with E-state index in [0.29, 0.717) is 22.3 Å². The molecule has 0 fully saturated rings. The molecule has 0 radical (unpaired) electrons. The topological polar surface area (TPSA) is 130 Å². The van der Waals surface area contributed by atoms with Crippen LogP contribution in [0.2, 0.25) is 0 Å². The van der Waals surface area contributed by atoms with Crippen LogP contribution >= 0.6 is 75.3 Å². The van der Waals surface area contributed by atoms with E-state index in [-0.39, 0.29) is 17.7 Å². The zero-order chi connectivity index (χ0) is 32.1. The van der Waals surface area contributed by atoms with Crippen LogP contribution in [0.15, 0.2) is 103 Å². The minimum atomic E-state index is -0.391. The molecule has 0 saturated carbocycles. The molecule has 0 heterocycles. The maximum Gasteiger partial charge on any atom is 0.269 e. The van der Waals surface area contributed by atoms with Crippen molar-refractivity contribution >= 4 is 98.3 Å². The van der Waals surface area contributed by atoms with E-state index in [0.717, 1.165) is 29.0 Å². The zero-order valence-electron chi connectivity index (χ0n) is 22.7. The first-order chi connectivity index (χ1) is 20.3. The Morgan fingerprint density at radius 3 is 1.33 bits per heavy atom. The maximum atomic E-state index is 12.0. The molecule has 4 rings (SSSR count). The average molecular weight is 861 g/mol. The van der Waals surface area contributed by atoms with Crippen molar-refractivity contribution in [2.45, 2.75) is 13.8 Å². The van der Waals surface area contributed by atoms with Gasteiger partial charge in [-0.3, -0.25) is 35.5 Å². The Labute approximate surface area is 287 Å². The number of halogens is 5. The van der Waals surface area contributed by atoms with E-state index in [1.165, 1.54) is 0 Å². The van der Waals surface area contributed by atoms with Crippen LogP contribution in [0.25, 0.3) is 0 Å². The van der Waals surface area contributed by atoms with E-state index in [1.54, 1.807) is 48.5 Å². The summed E-state index contributed by atoms with van der Waals surface area (Å²) < 4.78 is 3.20. The second kappa shape index (κ2) is 18.1. The fraction of sp³-hybridized carbons (Fsp3) is 0.0667. The summed E-state index contributed by atoms with van der Waals surface area (Å²) in [7, 11) is 0. The van der Waals surface area contributed by atoms with Crippen LogP contribution in [0.4, 0.5) is 0 Å². The highest BCUT2D eigenvalue weighted by Crippen LogP contribution is 2.21. The Morgan fingerprint density at radius 1 is 0.581 bits per heavy atom. The molecular formula is C30H25Br4ClN4O4. The first-order valence-corrected chi connectivity index (χ1v) is 15.7. The fourth-order valence-electron chi connectivity index (χ4n) is 3.33. The summed E-state index contributed by atoms with van der Waals surface area (Å²) in [5, 5.41) is -0.391. The van der Waals surface area contributed by atoms with Gasteiger partial charge in [0.2, 0.25) is 0 Å². The van der Waals surface area contributed by atoms with Gasteiger partial charge in [-0.25, -0.2) is 5.84 Å². The van der Waals surface area contributed by atoms with Crippen LogP contribution in [-0.2, 0) is 0 Å². The molecular weight excluding hydrogens is 835 g/mol. The second-order valence-corrected chi connectivity index (χ2v) is 12.6. The number of hydrogen-bond acceptors (Lipinski definition) is 5. The largest absolute Gasteiger partial charge is 0.290 e. The van der Waals surface area contributed by atoms with Crippen LogP contribution in [0.3, 0.4) is 0 Å². The molecule has 0 aliphatic carbocycles. The first-order valence-electron chi connectivity index (χ1n) is 12.2. The van der Waals surface area contributed by atoms with Crippen LogP contribution in [0, 0.1) is 13.8 Å². The van der Waals surface area contributed by atoms with Crippen molar-refractivity contribution in [2.24, 2.45) is 5.84 Å². The molecule has 5 N–H and O–H groups in total. The summed E-state index contributed by atoms with van der Waals surface area (Å²) in [4.78, 5) is 45.7.